The van der Waals surface area contributed by atoms with E-state index >= 15 is 0 Å². The summed E-state index contributed by atoms with van der Waals surface area (Å²) in [5, 5.41) is 23.9. The van der Waals surface area contributed by atoms with Crippen LogP contribution < -0.4 is 14.4 Å². The standard InChI is InChI=1S/C35H44ClN3O7S/c1-38-16-5-3-4-8-30(40)27-12-9-24(27)20-39-21-34(15-6-7-23-17-26(36)11-13-28(23)34)22-46-31-14-10-25(18-29(31)39)35(43,19-32(38)41)33(42)37-47(2,44)45/h4,8,10-11,13-14,17-18,24,27,30,40,43H,3,5-7,9,12,15-16,19-22H2,1-2H3,(H,37,42)/b8-4-/t24-,27+,30-,34-,35+/m0/s1. The molecular formula is C35H44ClN3O7S. The summed E-state index contributed by atoms with van der Waals surface area (Å²) in [6.45, 7) is 1.96. The lowest BCUT2D eigenvalue weighted by Crippen LogP contribution is -2.50. The fourth-order valence-corrected chi connectivity index (χ4v) is 8.50. The Bertz CT molecular complexity index is 1680. The van der Waals surface area contributed by atoms with Crippen molar-refractivity contribution in [1.82, 2.24) is 9.62 Å². The van der Waals surface area contributed by atoms with Crippen LogP contribution in [0.5, 0.6) is 5.75 Å². The minimum atomic E-state index is -4.05. The van der Waals surface area contributed by atoms with E-state index in [0.717, 1.165) is 38.4 Å². The summed E-state index contributed by atoms with van der Waals surface area (Å²) in [5.41, 5.74) is 0.284. The number of nitrogens with zero attached hydrogens (tertiary/aromatic N) is 2. The van der Waals surface area contributed by atoms with Gasteiger partial charge in [0.05, 0.1) is 31.1 Å². The number of allylic oxidation sites excluding steroid dienone is 1. The summed E-state index contributed by atoms with van der Waals surface area (Å²) in [4.78, 5) is 30.6. The lowest BCUT2D eigenvalue weighted by molar-refractivity contribution is -0.148. The molecule has 0 unspecified atom stereocenters. The van der Waals surface area contributed by atoms with Crippen LogP contribution in [-0.4, -0.2) is 81.0 Å². The van der Waals surface area contributed by atoms with Crippen LogP contribution in [0.15, 0.2) is 48.6 Å². The summed E-state index contributed by atoms with van der Waals surface area (Å²) in [6.07, 6.45) is 9.29. The Labute approximate surface area is 281 Å². The van der Waals surface area contributed by atoms with E-state index in [1.165, 1.54) is 22.1 Å². The lowest BCUT2D eigenvalue weighted by Gasteiger charge is -2.45. The second-order valence-corrected chi connectivity index (χ2v) is 16.1. The number of sulfonamides is 1. The second-order valence-electron chi connectivity index (χ2n) is 13.9. The molecular weight excluding hydrogens is 642 g/mol. The zero-order chi connectivity index (χ0) is 33.6. The van der Waals surface area contributed by atoms with Gasteiger partial charge in [-0.25, -0.2) is 8.42 Å². The quantitative estimate of drug-likeness (QED) is 0.408. The van der Waals surface area contributed by atoms with Gasteiger partial charge in [0, 0.05) is 37.1 Å². The maximum absolute atomic E-state index is 13.5. The van der Waals surface area contributed by atoms with Crippen molar-refractivity contribution < 1.29 is 33.0 Å². The van der Waals surface area contributed by atoms with Crippen molar-refractivity contribution in [3.05, 3.63) is 70.3 Å². The molecule has 2 aromatic carbocycles. The summed E-state index contributed by atoms with van der Waals surface area (Å²) < 4.78 is 32.8. The van der Waals surface area contributed by atoms with Crippen LogP contribution in [0.25, 0.3) is 0 Å². The molecule has 2 aliphatic carbocycles. The van der Waals surface area contributed by atoms with Crippen LogP contribution in [0.1, 0.15) is 61.6 Å². The van der Waals surface area contributed by atoms with E-state index in [9.17, 15) is 28.2 Å². The van der Waals surface area contributed by atoms with Crippen LogP contribution >= 0.6 is 11.6 Å². The molecule has 1 spiro atoms. The van der Waals surface area contributed by atoms with Crippen molar-refractivity contribution in [2.75, 3.05) is 44.4 Å². The van der Waals surface area contributed by atoms with Gasteiger partial charge in [0.25, 0.3) is 5.91 Å². The lowest BCUT2D eigenvalue weighted by atomic mass is 9.68. The minimum absolute atomic E-state index is 0.0767. The summed E-state index contributed by atoms with van der Waals surface area (Å²) >= 11 is 6.41. The van der Waals surface area contributed by atoms with Crippen LogP contribution in [0.4, 0.5) is 5.69 Å². The van der Waals surface area contributed by atoms with Crippen LogP contribution in [0.3, 0.4) is 0 Å². The molecule has 47 heavy (non-hydrogen) atoms. The number of aryl methyl sites for hydroxylation is 1. The Hall–Kier alpha value is -3.12. The molecule has 5 atom stereocenters. The highest BCUT2D eigenvalue weighted by Crippen LogP contribution is 2.47. The molecule has 1 fully saturated rings. The Kier molecular flexibility index (Phi) is 9.38. The monoisotopic (exact) mass is 685 g/mol. The maximum atomic E-state index is 13.5. The van der Waals surface area contributed by atoms with E-state index in [1.54, 1.807) is 19.2 Å². The number of fused-ring (bicyclic) bond motifs is 4. The number of ether oxygens (including phenoxy) is 1. The largest absolute Gasteiger partial charge is 0.490 e. The maximum Gasteiger partial charge on any atom is 0.270 e. The number of amides is 2. The van der Waals surface area contributed by atoms with Gasteiger partial charge < -0.3 is 24.7 Å². The van der Waals surface area contributed by atoms with Crippen LogP contribution in [-0.2, 0) is 37.0 Å². The Morgan fingerprint density at radius 1 is 1.15 bits per heavy atom. The van der Waals surface area contributed by atoms with Gasteiger partial charge >= 0.3 is 0 Å². The third-order valence-electron chi connectivity index (χ3n) is 10.6. The zero-order valence-corrected chi connectivity index (χ0v) is 28.5. The summed E-state index contributed by atoms with van der Waals surface area (Å²) in [6, 6.07) is 10.9. The van der Waals surface area contributed by atoms with Gasteiger partial charge in [0.1, 0.15) is 5.75 Å². The molecule has 6 rings (SSSR count). The first kappa shape index (κ1) is 33.8. The minimum Gasteiger partial charge on any atom is -0.490 e. The third-order valence-corrected chi connectivity index (χ3v) is 11.4. The van der Waals surface area contributed by atoms with Gasteiger partial charge in [-0.1, -0.05) is 35.9 Å². The second kappa shape index (κ2) is 13.1. The third kappa shape index (κ3) is 6.90. The van der Waals surface area contributed by atoms with Gasteiger partial charge in [-0.3, -0.25) is 14.3 Å². The predicted molar refractivity (Wildman–Crippen MR) is 180 cm³/mol. The van der Waals surface area contributed by atoms with Gasteiger partial charge in [-0.15, -0.1) is 0 Å². The first-order valence-corrected chi connectivity index (χ1v) is 18.7. The molecule has 2 aromatic rings. The van der Waals surface area contributed by atoms with Crippen molar-refractivity contribution in [3.8, 4) is 5.75 Å². The fraction of sp³-hybridized carbons (Fsp3) is 0.543. The molecule has 2 bridgehead atoms. The number of anilines is 1. The topological polar surface area (TPSA) is 136 Å². The first-order valence-electron chi connectivity index (χ1n) is 16.4. The number of aliphatic hydroxyl groups excluding tert-OH is 1. The van der Waals surface area contributed by atoms with E-state index in [1.807, 2.05) is 29.0 Å². The molecule has 0 radical (unpaired) electrons. The van der Waals surface area contributed by atoms with E-state index in [-0.39, 0.29) is 22.8 Å². The van der Waals surface area contributed by atoms with E-state index < -0.39 is 40.0 Å². The zero-order valence-electron chi connectivity index (χ0n) is 27.0. The van der Waals surface area contributed by atoms with Crippen molar-refractivity contribution in [2.45, 2.75) is 68.5 Å². The fourth-order valence-electron chi connectivity index (χ4n) is 7.79. The number of hydrogen-bond acceptors (Lipinski definition) is 8. The Morgan fingerprint density at radius 3 is 2.70 bits per heavy atom. The number of carbonyl (C=O) groups excluding carboxylic acids is 2. The highest BCUT2D eigenvalue weighted by atomic mass is 35.5. The van der Waals surface area contributed by atoms with Crippen LogP contribution in [0.2, 0.25) is 5.02 Å². The number of nitrogens with one attached hydrogen (secondary N) is 1. The molecule has 0 aromatic heterocycles. The van der Waals surface area contributed by atoms with Gasteiger partial charge in [0.15, 0.2) is 5.60 Å². The number of hydrogen-bond donors (Lipinski definition) is 3. The number of carbonyl (C=O) groups is 2. The van der Waals surface area contributed by atoms with Crippen molar-refractivity contribution in [1.29, 1.82) is 0 Å². The van der Waals surface area contributed by atoms with E-state index in [0.29, 0.717) is 55.5 Å². The van der Waals surface area contributed by atoms with E-state index in [4.69, 9.17) is 16.3 Å². The predicted octanol–water partition coefficient (Wildman–Crippen LogP) is 3.66. The van der Waals surface area contributed by atoms with Gasteiger partial charge in [-0.2, -0.15) is 0 Å². The van der Waals surface area contributed by atoms with Crippen LogP contribution in [0, 0.1) is 11.8 Å². The number of rotatable bonds is 2. The summed E-state index contributed by atoms with van der Waals surface area (Å²) in [7, 11) is -2.46. The Morgan fingerprint density at radius 2 is 1.96 bits per heavy atom. The first-order chi connectivity index (χ1) is 22.3. The normalized spacial score (nSPS) is 30.6. The molecule has 254 valence electrons. The molecule has 4 aliphatic rings. The van der Waals surface area contributed by atoms with Gasteiger partial charge in [0.2, 0.25) is 15.9 Å². The summed E-state index contributed by atoms with van der Waals surface area (Å²) in [5.74, 6) is -0.879. The highest BCUT2D eigenvalue weighted by molar-refractivity contribution is 7.89. The van der Waals surface area contributed by atoms with E-state index in [2.05, 4.69) is 11.0 Å². The molecule has 2 heterocycles. The molecule has 2 aliphatic heterocycles. The number of benzene rings is 2. The average Bonchev–Trinajstić information content (AvgIpc) is 3.14. The molecule has 12 heteroatoms. The van der Waals surface area contributed by atoms with Crippen molar-refractivity contribution in [2.24, 2.45) is 11.8 Å². The van der Waals surface area contributed by atoms with Crippen molar-refractivity contribution in [3.63, 3.8) is 0 Å². The smallest absolute Gasteiger partial charge is 0.270 e. The molecule has 3 N–H and O–H groups in total. The highest BCUT2D eigenvalue weighted by Gasteiger charge is 2.46. The SMILES string of the molecule is CN1CCC/C=C\[C@H](O)[C@@H]2CC[C@H]2CN2C[C@@]3(CCCc4cc(Cl)ccc43)COc3ccc(cc32)[C@@](O)(C(=O)NS(C)(=O)=O)CC1=O. The number of aliphatic hydroxyl groups is 2. The molecule has 2 amide bonds. The average molecular weight is 686 g/mol. The van der Waals surface area contributed by atoms with Crippen molar-refractivity contribution >= 4 is 39.1 Å². The molecule has 0 saturated heterocycles. The molecule has 1 saturated carbocycles. The van der Waals surface area contributed by atoms with Gasteiger partial charge in [-0.05, 0) is 97.7 Å². The Balaban J connectivity index is 1.47. The molecule has 10 nitrogen and oxygen atoms in total. The number of halogens is 1.